The van der Waals surface area contributed by atoms with Crippen LogP contribution in [0.5, 0.6) is 0 Å². The Hall–Kier alpha value is 0.380. The van der Waals surface area contributed by atoms with Crippen LogP contribution in [0.15, 0.2) is 0 Å². The molecule has 0 fully saturated rings. The molecule has 0 heterocycles. The standard InChI is InChI=1S/C24H52NO5PS/c1-5-6-7-8-9-10-11-12-13-14-15-16-17-18-21-32-23-24(26)22-30-31(27,28)29-20-19-25(2,3)4/h24,26H,5-23H2,1-4H3/p+1. The Morgan fingerprint density at radius 3 is 1.75 bits per heavy atom. The van der Waals surface area contributed by atoms with Crippen molar-refractivity contribution >= 4 is 19.6 Å². The lowest BCUT2D eigenvalue weighted by atomic mass is 10.0. The number of phosphoric acid groups is 1. The van der Waals surface area contributed by atoms with Crippen LogP contribution in [0.2, 0.25) is 0 Å². The molecule has 194 valence electrons. The summed E-state index contributed by atoms with van der Waals surface area (Å²) in [6.07, 6.45) is 18.2. The molecule has 6 nitrogen and oxygen atoms in total. The van der Waals surface area contributed by atoms with E-state index in [2.05, 4.69) is 6.92 Å². The molecule has 0 aliphatic heterocycles. The minimum absolute atomic E-state index is 0.140. The van der Waals surface area contributed by atoms with Crippen molar-refractivity contribution in [3.63, 3.8) is 0 Å². The topological polar surface area (TPSA) is 76.0 Å². The highest BCUT2D eigenvalue weighted by molar-refractivity contribution is 7.99. The van der Waals surface area contributed by atoms with Crippen molar-refractivity contribution < 1.29 is 28.1 Å². The Balaban J connectivity index is 3.40. The number of unbranched alkanes of at least 4 members (excludes halogenated alkanes) is 13. The third-order valence-electron chi connectivity index (χ3n) is 5.40. The SMILES string of the molecule is CCCCCCCCCCCCCCCCSCC(O)COP(=O)(O)OCC[N+](C)(C)C. The van der Waals surface area contributed by atoms with Crippen molar-refractivity contribution in [2.75, 3.05) is 52.4 Å². The zero-order valence-electron chi connectivity index (χ0n) is 21.4. The second kappa shape index (κ2) is 20.7. The van der Waals surface area contributed by atoms with Crippen LogP contribution in [0.1, 0.15) is 96.8 Å². The van der Waals surface area contributed by atoms with Crippen LogP contribution in [-0.2, 0) is 13.6 Å². The molecule has 2 atom stereocenters. The molecule has 0 saturated carbocycles. The van der Waals surface area contributed by atoms with Gasteiger partial charge in [0.05, 0.1) is 33.9 Å². The van der Waals surface area contributed by atoms with E-state index in [-0.39, 0.29) is 13.2 Å². The molecule has 0 bridgehead atoms. The van der Waals surface area contributed by atoms with Gasteiger partial charge in [-0.1, -0.05) is 90.4 Å². The molecule has 32 heavy (non-hydrogen) atoms. The van der Waals surface area contributed by atoms with E-state index in [0.717, 1.165) is 12.2 Å². The van der Waals surface area contributed by atoms with Gasteiger partial charge < -0.3 is 14.5 Å². The van der Waals surface area contributed by atoms with Gasteiger partial charge in [-0.2, -0.15) is 11.8 Å². The number of thioether (sulfide) groups is 1. The lowest BCUT2D eigenvalue weighted by Gasteiger charge is -2.24. The Morgan fingerprint density at radius 2 is 1.28 bits per heavy atom. The Kier molecular flexibility index (Phi) is 21.0. The van der Waals surface area contributed by atoms with Gasteiger partial charge in [0.1, 0.15) is 13.2 Å². The Morgan fingerprint density at radius 1 is 0.812 bits per heavy atom. The van der Waals surface area contributed by atoms with E-state index < -0.39 is 13.9 Å². The molecule has 0 aliphatic rings. The normalized spacial score (nSPS) is 15.1. The number of phosphoric ester groups is 1. The summed E-state index contributed by atoms with van der Waals surface area (Å²) in [5.41, 5.74) is 0. The third-order valence-corrected chi connectivity index (χ3v) is 7.58. The van der Waals surface area contributed by atoms with Gasteiger partial charge in [-0.05, 0) is 12.2 Å². The molecular formula is C24H53NO5PS+. The highest BCUT2D eigenvalue weighted by atomic mass is 32.2. The summed E-state index contributed by atoms with van der Waals surface area (Å²) in [6, 6.07) is 0. The van der Waals surface area contributed by atoms with Crippen molar-refractivity contribution in [2.45, 2.75) is 103 Å². The molecule has 0 spiro atoms. The number of quaternary nitrogens is 1. The van der Waals surface area contributed by atoms with Gasteiger partial charge in [0.25, 0.3) is 0 Å². The molecule has 0 radical (unpaired) electrons. The summed E-state index contributed by atoms with van der Waals surface area (Å²) in [5, 5.41) is 9.95. The minimum Gasteiger partial charge on any atom is -0.390 e. The molecule has 0 aromatic heterocycles. The lowest BCUT2D eigenvalue weighted by molar-refractivity contribution is -0.870. The largest absolute Gasteiger partial charge is 0.472 e. The Bertz CT molecular complexity index is 462. The van der Waals surface area contributed by atoms with Crippen molar-refractivity contribution in [1.29, 1.82) is 0 Å². The predicted octanol–water partition coefficient (Wildman–Crippen LogP) is 6.40. The van der Waals surface area contributed by atoms with E-state index >= 15 is 0 Å². The van der Waals surface area contributed by atoms with E-state index in [9.17, 15) is 14.6 Å². The van der Waals surface area contributed by atoms with E-state index in [1.807, 2.05) is 21.1 Å². The van der Waals surface area contributed by atoms with Gasteiger partial charge in [0.15, 0.2) is 0 Å². The first-order valence-electron chi connectivity index (χ1n) is 12.8. The van der Waals surface area contributed by atoms with E-state index in [4.69, 9.17) is 9.05 Å². The molecule has 8 heteroatoms. The minimum atomic E-state index is -4.09. The number of likely N-dealkylation sites (N-methyl/N-ethyl adjacent to an activating group) is 1. The maximum Gasteiger partial charge on any atom is 0.472 e. The first kappa shape index (κ1) is 32.4. The smallest absolute Gasteiger partial charge is 0.390 e. The molecule has 0 aromatic rings. The molecule has 0 saturated heterocycles. The number of nitrogens with zero attached hydrogens (tertiary/aromatic N) is 1. The molecule has 2 N–H and O–H groups in total. The Labute approximate surface area is 203 Å². The zero-order chi connectivity index (χ0) is 24.1. The monoisotopic (exact) mass is 498 g/mol. The molecule has 0 amide bonds. The van der Waals surface area contributed by atoms with Gasteiger partial charge in [-0.25, -0.2) is 4.57 Å². The van der Waals surface area contributed by atoms with Crippen LogP contribution in [-0.4, -0.2) is 73.0 Å². The zero-order valence-corrected chi connectivity index (χ0v) is 23.1. The maximum absolute atomic E-state index is 11.8. The first-order valence-corrected chi connectivity index (χ1v) is 15.5. The highest BCUT2D eigenvalue weighted by Gasteiger charge is 2.23. The fraction of sp³-hybridized carbons (Fsp3) is 1.00. The first-order chi connectivity index (χ1) is 15.2. The summed E-state index contributed by atoms with van der Waals surface area (Å²) in [7, 11) is 1.85. The molecule has 2 unspecified atom stereocenters. The van der Waals surface area contributed by atoms with Crippen LogP contribution in [0.3, 0.4) is 0 Å². The van der Waals surface area contributed by atoms with Gasteiger partial charge in [-0.15, -0.1) is 0 Å². The van der Waals surface area contributed by atoms with Gasteiger partial charge in [0, 0.05) is 5.75 Å². The molecule has 0 rings (SSSR count). The van der Waals surface area contributed by atoms with Crippen LogP contribution in [0.4, 0.5) is 0 Å². The maximum atomic E-state index is 11.8. The fourth-order valence-electron chi connectivity index (χ4n) is 3.31. The third kappa shape index (κ3) is 25.0. The van der Waals surface area contributed by atoms with Crippen LogP contribution < -0.4 is 0 Å². The number of aliphatic hydroxyl groups excluding tert-OH is 1. The summed E-state index contributed by atoms with van der Waals surface area (Å²) in [6.45, 7) is 2.84. The van der Waals surface area contributed by atoms with E-state index in [1.54, 1.807) is 11.8 Å². The number of rotatable bonds is 24. The quantitative estimate of drug-likeness (QED) is 0.0911. The van der Waals surface area contributed by atoms with Crippen LogP contribution in [0, 0.1) is 0 Å². The van der Waals surface area contributed by atoms with Crippen LogP contribution in [0.25, 0.3) is 0 Å². The van der Waals surface area contributed by atoms with Crippen molar-refractivity contribution in [1.82, 2.24) is 0 Å². The average Bonchev–Trinajstić information content (AvgIpc) is 2.71. The second-order valence-electron chi connectivity index (χ2n) is 9.94. The van der Waals surface area contributed by atoms with Crippen LogP contribution >= 0.6 is 19.6 Å². The van der Waals surface area contributed by atoms with Crippen molar-refractivity contribution in [3.8, 4) is 0 Å². The summed E-state index contributed by atoms with van der Waals surface area (Å²) in [4.78, 5) is 9.66. The highest BCUT2D eigenvalue weighted by Crippen LogP contribution is 2.43. The summed E-state index contributed by atoms with van der Waals surface area (Å²) in [5.74, 6) is 1.52. The summed E-state index contributed by atoms with van der Waals surface area (Å²) < 4.78 is 22.3. The number of hydrogen-bond acceptors (Lipinski definition) is 5. The van der Waals surface area contributed by atoms with Gasteiger partial charge in [0.2, 0.25) is 0 Å². The molecular weight excluding hydrogens is 445 g/mol. The van der Waals surface area contributed by atoms with Crippen molar-refractivity contribution in [3.05, 3.63) is 0 Å². The van der Waals surface area contributed by atoms with E-state index in [0.29, 0.717) is 16.8 Å². The second-order valence-corrected chi connectivity index (χ2v) is 12.5. The van der Waals surface area contributed by atoms with Crippen molar-refractivity contribution in [2.24, 2.45) is 0 Å². The summed E-state index contributed by atoms with van der Waals surface area (Å²) >= 11 is 1.67. The average molecular weight is 499 g/mol. The number of aliphatic hydroxyl groups is 1. The van der Waals surface area contributed by atoms with E-state index in [1.165, 1.54) is 83.5 Å². The van der Waals surface area contributed by atoms with Gasteiger partial charge in [-0.3, -0.25) is 9.05 Å². The lowest BCUT2D eigenvalue weighted by Crippen LogP contribution is -2.37. The number of hydrogen-bond donors (Lipinski definition) is 2. The molecule has 0 aliphatic carbocycles. The fourth-order valence-corrected chi connectivity index (χ4v) is 5.00. The van der Waals surface area contributed by atoms with Gasteiger partial charge >= 0.3 is 7.82 Å². The molecule has 0 aromatic carbocycles. The predicted molar refractivity (Wildman–Crippen MR) is 138 cm³/mol.